The van der Waals surface area contributed by atoms with Crippen LogP contribution in [0.4, 0.5) is 0 Å². The van der Waals surface area contributed by atoms with Crippen LogP contribution >= 0.6 is 11.3 Å². The molecule has 2 heterocycles. The third kappa shape index (κ3) is 3.68. The number of nitrogens with zero attached hydrogens (tertiary/aromatic N) is 1. The van der Waals surface area contributed by atoms with Gasteiger partial charge < -0.3 is 4.42 Å². The van der Waals surface area contributed by atoms with Crippen molar-refractivity contribution in [1.82, 2.24) is 4.98 Å². The van der Waals surface area contributed by atoms with Gasteiger partial charge in [-0.3, -0.25) is 0 Å². The molecule has 3 heteroatoms. The largest absolute Gasteiger partial charge is 0.461 e. The quantitative estimate of drug-likeness (QED) is 0.394. The molecular formula is C21H23NOS. The summed E-state index contributed by atoms with van der Waals surface area (Å²) in [6.07, 6.45) is 0. The van der Waals surface area contributed by atoms with E-state index in [1.165, 1.54) is 15.1 Å². The highest BCUT2D eigenvalue weighted by Crippen LogP contribution is 2.26. The van der Waals surface area contributed by atoms with Crippen molar-refractivity contribution in [3.63, 3.8) is 0 Å². The molecule has 0 N–H and O–H groups in total. The van der Waals surface area contributed by atoms with Crippen molar-refractivity contribution in [2.75, 3.05) is 0 Å². The minimum Gasteiger partial charge on any atom is -0.461 e. The number of aromatic nitrogens is 1. The molecule has 0 aliphatic rings. The molecule has 0 saturated carbocycles. The molecule has 0 bridgehead atoms. The Kier molecular flexibility index (Phi) is 5.00. The van der Waals surface area contributed by atoms with Gasteiger partial charge in [0.05, 0.1) is 15.2 Å². The first-order chi connectivity index (χ1) is 11.5. The van der Waals surface area contributed by atoms with E-state index in [0.717, 1.165) is 16.9 Å². The maximum absolute atomic E-state index is 5.63. The third-order valence-corrected chi connectivity index (χ3v) is 5.15. The van der Waals surface area contributed by atoms with E-state index in [2.05, 4.69) is 63.0 Å². The van der Waals surface area contributed by atoms with Crippen molar-refractivity contribution in [2.45, 2.75) is 39.5 Å². The summed E-state index contributed by atoms with van der Waals surface area (Å²) in [5.41, 5.74) is 2.12. The van der Waals surface area contributed by atoms with Gasteiger partial charge in [0.15, 0.2) is 0 Å². The SMILES string of the molecule is CC(C)c1cc2ccccc2o1.CC(C)c1nc2ccccc2s1. The third-order valence-electron chi connectivity index (χ3n) is 3.82. The van der Waals surface area contributed by atoms with Gasteiger partial charge in [-0.05, 0) is 24.3 Å². The fourth-order valence-electron chi connectivity index (χ4n) is 2.42. The van der Waals surface area contributed by atoms with Gasteiger partial charge in [-0.2, -0.15) is 0 Å². The summed E-state index contributed by atoms with van der Waals surface area (Å²) in [6.45, 7) is 8.63. The number of benzene rings is 2. The van der Waals surface area contributed by atoms with Crippen LogP contribution in [0, 0.1) is 0 Å². The van der Waals surface area contributed by atoms with Gasteiger partial charge in [-0.1, -0.05) is 58.0 Å². The van der Waals surface area contributed by atoms with E-state index in [0.29, 0.717) is 11.8 Å². The zero-order valence-electron chi connectivity index (χ0n) is 14.6. The Morgan fingerprint density at radius 3 is 2.25 bits per heavy atom. The second-order valence-corrected chi connectivity index (χ2v) is 7.58. The van der Waals surface area contributed by atoms with E-state index >= 15 is 0 Å². The minimum atomic E-state index is 0.470. The van der Waals surface area contributed by atoms with Gasteiger partial charge in [-0.25, -0.2) is 4.98 Å². The molecule has 4 aromatic rings. The Morgan fingerprint density at radius 1 is 0.875 bits per heavy atom. The van der Waals surface area contributed by atoms with Crippen LogP contribution in [0.2, 0.25) is 0 Å². The lowest BCUT2D eigenvalue weighted by Crippen LogP contribution is -1.82. The molecule has 0 aliphatic carbocycles. The van der Waals surface area contributed by atoms with Crippen LogP contribution < -0.4 is 0 Å². The smallest absolute Gasteiger partial charge is 0.134 e. The lowest BCUT2D eigenvalue weighted by molar-refractivity contribution is 0.522. The molecule has 0 fully saturated rings. The predicted molar refractivity (Wildman–Crippen MR) is 104 cm³/mol. The van der Waals surface area contributed by atoms with Crippen LogP contribution in [0.25, 0.3) is 21.2 Å². The summed E-state index contributed by atoms with van der Waals surface area (Å²) in [4.78, 5) is 4.53. The second kappa shape index (κ2) is 7.18. The highest BCUT2D eigenvalue weighted by molar-refractivity contribution is 7.18. The monoisotopic (exact) mass is 337 g/mol. The number of hydrogen-bond donors (Lipinski definition) is 0. The molecular weight excluding hydrogens is 314 g/mol. The lowest BCUT2D eigenvalue weighted by atomic mass is 10.1. The number of thiazole rings is 1. The maximum Gasteiger partial charge on any atom is 0.134 e. The minimum absolute atomic E-state index is 0.470. The number of fused-ring (bicyclic) bond motifs is 2. The summed E-state index contributed by atoms with van der Waals surface area (Å²) in [5.74, 6) is 2.08. The molecule has 2 nitrogen and oxygen atoms in total. The van der Waals surface area contributed by atoms with E-state index in [9.17, 15) is 0 Å². The topological polar surface area (TPSA) is 26.0 Å². The van der Waals surface area contributed by atoms with Gasteiger partial charge in [-0.15, -0.1) is 11.3 Å². The molecule has 0 unspecified atom stereocenters. The molecule has 2 aromatic carbocycles. The average molecular weight is 337 g/mol. The summed E-state index contributed by atoms with van der Waals surface area (Å²) < 4.78 is 6.92. The van der Waals surface area contributed by atoms with Gasteiger partial charge >= 0.3 is 0 Å². The summed E-state index contributed by atoms with van der Waals surface area (Å²) in [5, 5.41) is 2.43. The average Bonchev–Trinajstić information content (AvgIpc) is 3.19. The van der Waals surface area contributed by atoms with Crippen LogP contribution in [0.3, 0.4) is 0 Å². The second-order valence-electron chi connectivity index (χ2n) is 6.52. The molecule has 0 atom stereocenters. The molecule has 2 aromatic heterocycles. The highest BCUT2D eigenvalue weighted by Gasteiger charge is 2.06. The van der Waals surface area contributed by atoms with Crippen molar-refractivity contribution >= 4 is 32.5 Å². The number of hydrogen-bond acceptors (Lipinski definition) is 3. The van der Waals surface area contributed by atoms with Gasteiger partial charge in [0.2, 0.25) is 0 Å². The summed E-state index contributed by atoms with van der Waals surface area (Å²) in [6, 6.07) is 18.5. The molecule has 0 aliphatic heterocycles. The van der Waals surface area contributed by atoms with Crippen LogP contribution in [0.15, 0.2) is 59.0 Å². The molecule has 24 heavy (non-hydrogen) atoms. The number of rotatable bonds is 2. The van der Waals surface area contributed by atoms with E-state index in [1.807, 2.05) is 24.3 Å². The van der Waals surface area contributed by atoms with E-state index in [-0.39, 0.29) is 0 Å². The zero-order valence-corrected chi connectivity index (χ0v) is 15.4. The Morgan fingerprint density at radius 2 is 1.58 bits per heavy atom. The summed E-state index contributed by atoms with van der Waals surface area (Å²) >= 11 is 1.79. The van der Waals surface area contributed by atoms with Crippen molar-refractivity contribution in [3.8, 4) is 0 Å². The molecule has 124 valence electrons. The standard InChI is InChI=1S/C11H12O.C10H11NS/c1-8(2)11-7-9-5-3-4-6-10(9)12-11;1-7(2)10-11-8-5-3-4-6-9(8)12-10/h3-8H,1-2H3;3-7H,1-2H3. The first-order valence-electron chi connectivity index (χ1n) is 8.38. The van der Waals surface area contributed by atoms with Gasteiger partial charge in [0.1, 0.15) is 11.3 Å². The predicted octanol–water partition coefficient (Wildman–Crippen LogP) is 6.98. The van der Waals surface area contributed by atoms with Crippen LogP contribution in [-0.2, 0) is 0 Å². The molecule has 0 spiro atoms. The fraction of sp³-hybridized carbons (Fsp3) is 0.286. The van der Waals surface area contributed by atoms with Crippen LogP contribution in [0.1, 0.15) is 50.3 Å². The van der Waals surface area contributed by atoms with Gasteiger partial charge in [0.25, 0.3) is 0 Å². The van der Waals surface area contributed by atoms with Crippen LogP contribution in [0.5, 0.6) is 0 Å². The molecule has 0 radical (unpaired) electrons. The lowest BCUT2D eigenvalue weighted by Gasteiger charge is -1.95. The first-order valence-corrected chi connectivity index (χ1v) is 9.20. The van der Waals surface area contributed by atoms with E-state index in [4.69, 9.17) is 4.42 Å². The van der Waals surface area contributed by atoms with Crippen molar-refractivity contribution in [3.05, 3.63) is 65.4 Å². The Labute approximate surface area is 147 Å². The Balaban J connectivity index is 0.000000141. The summed E-state index contributed by atoms with van der Waals surface area (Å²) in [7, 11) is 0. The van der Waals surface area contributed by atoms with Crippen molar-refractivity contribution < 1.29 is 4.42 Å². The van der Waals surface area contributed by atoms with Crippen molar-refractivity contribution in [2.24, 2.45) is 0 Å². The van der Waals surface area contributed by atoms with E-state index < -0.39 is 0 Å². The Hall–Kier alpha value is -2.13. The number of furan rings is 1. The van der Waals surface area contributed by atoms with Crippen LogP contribution in [-0.4, -0.2) is 4.98 Å². The first kappa shape index (κ1) is 16.7. The highest BCUT2D eigenvalue weighted by atomic mass is 32.1. The molecule has 0 saturated heterocycles. The normalized spacial score (nSPS) is 11.2. The van der Waals surface area contributed by atoms with E-state index in [1.54, 1.807) is 11.3 Å². The Bertz CT molecular complexity index is 789. The molecule has 0 amide bonds. The fourth-order valence-corrected chi connectivity index (χ4v) is 3.39. The zero-order chi connectivity index (χ0) is 17.1. The number of para-hydroxylation sites is 2. The maximum atomic E-state index is 5.63. The van der Waals surface area contributed by atoms with Crippen molar-refractivity contribution in [1.29, 1.82) is 0 Å². The molecule has 4 rings (SSSR count). The van der Waals surface area contributed by atoms with Gasteiger partial charge in [0, 0.05) is 17.2 Å².